The number of likely N-dealkylation sites (tertiary alicyclic amines) is 1. The number of hydrogen-bond acceptors (Lipinski definition) is 3. The Labute approximate surface area is 130 Å². The molecule has 2 aliphatic rings. The number of anilines is 1. The minimum absolute atomic E-state index is 0. The average Bonchev–Trinajstić information content (AvgIpc) is 2.78. The average molecular weight is 310 g/mol. The highest BCUT2D eigenvalue weighted by Gasteiger charge is 2.31. The maximum absolute atomic E-state index is 12.4. The lowest BCUT2D eigenvalue weighted by Crippen LogP contribution is -2.41. The van der Waals surface area contributed by atoms with Gasteiger partial charge in [0, 0.05) is 31.4 Å². The second kappa shape index (κ2) is 6.35. The summed E-state index contributed by atoms with van der Waals surface area (Å²) in [5.74, 6) is -0.138. The summed E-state index contributed by atoms with van der Waals surface area (Å²) in [5, 5.41) is 6.18. The van der Waals surface area contributed by atoms with Gasteiger partial charge in [0.25, 0.3) is 5.91 Å². The lowest BCUT2D eigenvalue weighted by atomic mass is 9.97. The smallest absolute Gasteiger partial charge is 0.252 e. The van der Waals surface area contributed by atoms with Crippen molar-refractivity contribution in [1.82, 2.24) is 10.2 Å². The number of nitrogens with zero attached hydrogens (tertiary/aromatic N) is 1. The van der Waals surface area contributed by atoms with Gasteiger partial charge in [-0.05, 0) is 37.0 Å². The number of carbonyl (C=O) groups is 2. The first-order valence-electron chi connectivity index (χ1n) is 7.08. The van der Waals surface area contributed by atoms with Gasteiger partial charge < -0.3 is 15.5 Å². The fourth-order valence-corrected chi connectivity index (χ4v) is 2.92. The van der Waals surface area contributed by atoms with Gasteiger partial charge in [0.2, 0.25) is 5.91 Å². The van der Waals surface area contributed by atoms with Crippen molar-refractivity contribution < 1.29 is 9.59 Å². The number of halogens is 1. The molecule has 21 heavy (non-hydrogen) atoms. The van der Waals surface area contributed by atoms with Gasteiger partial charge >= 0.3 is 0 Å². The maximum Gasteiger partial charge on any atom is 0.252 e. The number of rotatable bonds is 2. The second-order valence-electron chi connectivity index (χ2n) is 5.44. The zero-order chi connectivity index (χ0) is 14.1. The zero-order valence-corrected chi connectivity index (χ0v) is 12.8. The van der Waals surface area contributed by atoms with Crippen LogP contribution in [-0.2, 0) is 11.2 Å². The fraction of sp³-hybridized carbons (Fsp3) is 0.467. The summed E-state index contributed by atoms with van der Waals surface area (Å²) in [5.41, 5.74) is 2.80. The van der Waals surface area contributed by atoms with E-state index in [9.17, 15) is 9.59 Å². The van der Waals surface area contributed by atoms with E-state index in [-0.39, 0.29) is 30.3 Å². The molecule has 2 aliphatic heterocycles. The third-order valence-electron chi connectivity index (χ3n) is 4.07. The maximum atomic E-state index is 12.4. The van der Waals surface area contributed by atoms with E-state index < -0.39 is 0 Å². The Balaban J connectivity index is 0.00000161. The summed E-state index contributed by atoms with van der Waals surface area (Å²) in [4.78, 5) is 25.9. The van der Waals surface area contributed by atoms with Crippen LogP contribution >= 0.6 is 12.4 Å². The molecule has 1 aromatic carbocycles. The normalized spacial score (nSPS) is 20.3. The van der Waals surface area contributed by atoms with Crippen LogP contribution in [-0.4, -0.2) is 42.9 Å². The Kier molecular flexibility index (Phi) is 4.73. The highest BCUT2D eigenvalue weighted by molar-refractivity contribution is 6.00. The number of likely N-dealkylation sites (N-methyl/N-ethyl adjacent to an activating group) is 1. The molecule has 1 aromatic rings. The number of nitrogens with one attached hydrogen (secondary N) is 2. The lowest BCUT2D eigenvalue weighted by Gasteiger charge is -2.21. The molecule has 2 N–H and O–H groups in total. The van der Waals surface area contributed by atoms with Crippen LogP contribution in [0.25, 0.3) is 0 Å². The van der Waals surface area contributed by atoms with Gasteiger partial charge in [-0.25, -0.2) is 0 Å². The topological polar surface area (TPSA) is 61.4 Å². The second-order valence-corrected chi connectivity index (χ2v) is 5.44. The fourth-order valence-electron chi connectivity index (χ4n) is 2.92. The van der Waals surface area contributed by atoms with Crippen LogP contribution in [0.4, 0.5) is 5.69 Å². The largest absolute Gasteiger partial charge is 0.385 e. The molecule has 1 saturated heterocycles. The van der Waals surface area contributed by atoms with Crippen molar-refractivity contribution in [3.63, 3.8) is 0 Å². The monoisotopic (exact) mass is 309 g/mol. The van der Waals surface area contributed by atoms with Crippen molar-refractivity contribution in [2.45, 2.75) is 25.3 Å². The molecular weight excluding hydrogens is 290 g/mol. The van der Waals surface area contributed by atoms with Gasteiger partial charge in [-0.2, -0.15) is 0 Å². The van der Waals surface area contributed by atoms with Crippen LogP contribution in [0, 0.1) is 0 Å². The van der Waals surface area contributed by atoms with E-state index in [0.717, 1.165) is 30.6 Å². The van der Waals surface area contributed by atoms with Gasteiger partial charge in [-0.3, -0.25) is 9.59 Å². The molecule has 5 nitrogen and oxygen atoms in total. The number of hydrogen-bond donors (Lipinski definition) is 2. The Bertz CT molecular complexity index is 562. The summed E-state index contributed by atoms with van der Waals surface area (Å²) in [7, 11) is 1.77. The molecule has 0 bridgehead atoms. The Morgan fingerprint density at radius 2 is 2.24 bits per heavy atom. The van der Waals surface area contributed by atoms with Crippen molar-refractivity contribution in [1.29, 1.82) is 0 Å². The number of carbonyl (C=O) groups excluding carboxylic acids is 2. The van der Waals surface area contributed by atoms with Gasteiger partial charge in [0.1, 0.15) is 6.04 Å². The van der Waals surface area contributed by atoms with Gasteiger partial charge in [0.15, 0.2) is 0 Å². The predicted molar refractivity (Wildman–Crippen MR) is 84.0 cm³/mol. The molecule has 0 aliphatic carbocycles. The van der Waals surface area contributed by atoms with E-state index in [1.54, 1.807) is 11.9 Å². The van der Waals surface area contributed by atoms with Crippen molar-refractivity contribution in [3.8, 4) is 0 Å². The summed E-state index contributed by atoms with van der Waals surface area (Å²) in [6, 6.07) is 5.35. The molecule has 6 heteroatoms. The number of benzene rings is 1. The molecule has 3 rings (SSSR count). The summed E-state index contributed by atoms with van der Waals surface area (Å²) >= 11 is 0. The lowest BCUT2D eigenvalue weighted by molar-refractivity contribution is -0.128. The van der Waals surface area contributed by atoms with Crippen LogP contribution in [0.5, 0.6) is 0 Å². The summed E-state index contributed by atoms with van der Waals surface area (Å²) in [6.07, 6.45) is 2.63. The third-order valence-corrected chi connectivity index (χ3v) is 4.07. The Morgan fingerprint density at radius 3 is 2.95 bits per heavy atom. The van der Waals surface area contributed by atoms with Crippen LogP contribution in [0.15, 0.2) is 18.2 Å². The van der Waals surface area contributed by atoms with Crippen molar-refractivity contribution in [3.05, 3.63) is 29.3 Å². The van der Waals surface area contributed by atoms with Crippen LogP contribution in [0.3, 0.4) is 0 Å². The van der Waals surface area contributed by atoms with Gasteiger partial charge in [0.05, 0.1) is 0 Å². The van der Waals surface area contributed by atoms with E-state index in [4.69, 9.17) is 0 Å². The van der Waals surface area contributed by atoms with E-state index >= 15 is 0 Å². The van der Waals surface area contributed by atoms with Crippen molar-refractivity contribution in [2.75, 3.05) is 25.5 Å². The van der Waals surface area contributed by atoms with Gasteiger partial charge in [-0.1, -0.05) is 6.07 Å². The summed E-state index contributed by atoms with van der Waals surface area (Å²) < 4.78 is 0. The number of fused-ring (bicyclic) bond motifs is 1. The van der Waals surface area contributed by atoms with Crippen molar-refractivity contribution in [2.24, 2.45) is 0 Å². The molecule has 114 valence electrons. The minimum atomic E-state index is -0.375. The molecule has 1 atom stereocenters. The molecule has 1 unspecified atom stereocenters. The highest BCUT2D eigenvalue weighted by atomic mass is 35.5. The summed E-state index contributed by atoms with van der Waals surface area (Å²) in [6.45, 7) is 1.65. The molecule has 2 amide bonds. The minimum Gasteiger partial charge on any atom is -0.385 e. The third kappa shape index (κ3) is 2.97. The molecule has 1 fully saturated rings. The first-order chi connectivity index (χ1) is 9.66. The van der Waals surface area contributed by atoms with Crippen LogP contribution in [0.2, 0.25) is 0 Å². The SMILES string of the molecule is CN1CCC(NC(=O)c2cccc3c2CCCN3)C1=O.Cl. The van der Waals surface area contributed by atoms with Gasteiger partial charge in [-0.15, -0.1) is 12.4 Å². The van der Waals surface area contributed by atoms with E-state index in [1.165, 1.54) is 0 Å². The standard InChI is InChI=1S/C15H19N3O2.ClH/c1-18-9-7-13(15(18)20)17-14(19)11-4-2-6-12-10(11)5-3-8-16-12;/h2,4,6,13,16H,3,5,7-9H2,1H3,(H,17,19);1H. The van der Waals surface area contributed by atoms with Crippen LogP contribution in [0.1, 0.15) is 28.8 Å². The predicted octanol–water partition coefficient (Wildman–Crippen LogP) is 1.43. The number of amides is 2. The molecule has 2 heterocycles. The van der Waals surface area contributed by atoms with E-state index in [1.807, 2.05) is 18.2 Å². The first-order valence-corrected chi connectivity index (χ1v) is 7.08. The Morgan fingerprint density at radius 1 is 1.43 bits per heavy atom. The van der Waals surface area contributed by atoms with Crippen LogP contribution < -0.4 is 10.6 Å². The molecule has 0 aromatic heterocycles. The van der Waals surface area contributed by atoms with E-state index in [0.29, 0.717) is 18.5 Å². The zero-order valence-electron chi connectivity index (χ0n) is 12.0. The van der Waals surface area contributed by atoms with E-state index in [2.05, 4.69) is 10.6 Å². The first kappa shape index (κ1) is 15.6. The highest BCUT2D eigenvalue weighted by Crippen LogP contribution is 2.25. The molecule has 0 radical (unpaired) electrons. The van der Waals surface area contributed by atoms with Crippen molar-refractivity contribution >= 4 is 29.9 Å². The Hall–Kier alpha value is -1.75. The quantitative estimate of drug-likeness (QED) is 0.869. The molecule has 0 spiro atoms. The molecular formula is C15H20ClN3O2. The molecule has 0 saturated carbocycles.